The molecular weight excluding hydrogens is 302 g/mol. The first-order chi connectivity index (χ1) is 8.56. The molecule has 7 nitrogen and oxygen atoms in total. The predicted octanol–water partition coefficient (Wildman–Crippen LogP) is 1.07. The van der Waals surface area contributed by atoms with Crippen LogP contribution in [0.15, 0.2) is 22.8 Å². The van der Waals surface area contributed by atoms with Gasteiger partial charge in [-0.05, 0) is 40.2 Å². The molecule has 0 amide bonds. The summed E-state index contributed by atoms with van der Waals surface area (Å²) >= 11 is 3.27. The van der Waals surface area contributed by atoms with E-state index in [1.807, 2.05) is 18.2 Å². The van der Waals surface area contributed by atoms with E-state index >= 15 is 0 Å². The van der Waals surface area contributed by atoms with Crippen molar-refractivity contribution >= 4 is 21.9 Å². The van der Waals surface area contributed by atoms with Crippen LogP contribution in [0.4, 0.5) is 0 Å². The van der Waals surface area contributed by atoms with Crippen LogP contribution in [-0.4, -0.2) is 36.3 Å². The van der Waals surface area contributed by atoms with Gasteiger partial charge in [0.1, 0.15) is 4.60 Å². The molecule has 8 heteroatoms. The number of hydrogen-bond donors (Lipinski definition) is 1. The van der Waals surface area contributed by atoms with E-state index in [2.05, 4.69) is 36.3 Å². The highest BCUT2D eigenvalue weighted by Gasteiger charge is 2.16. The van der Waals surface area contributed by atoms with Gasteiger partial charge in [0.2, 0.25) is 0 Å². The first-order valence-corrected chi connectivity index (χ1v) is 5.98. The number of carbonyl (C=O) groups is 1. The number of hydrogen-bond acceptors (Lipinski definition) is 5. The molecule has 1 unspecified atom stereocenters. The van der Waals surface area contributed by atoms with Crippen molar-refractivity contribution in [3.05, 3.63) is 34.3 Å². The third-order valence-corrected chi connectivity index (χ3v) is 2.73. The summed E-state index contributed by atoms with van der Waals surface area (Å²) in [6.45, 7) is 1.49. The van der Waals surface area contributed by atoms with Crippen LogP contribution in [0.3, 0.4) is 0 Å². The summed E-state index contributed by atoms with van der Waals surface area (Å²) in [5.74, 6) is -0.562. The van der Waals surface area contributed by atoms with Crippen molar-refractivity contribution in [3.8, 4) is 0 Å². The van der Waals surface area contributed by atoms with Gasteiger partial charge in [0, 0.05) is 5.69 Å². The Hall–Kier alpha value is -1.83. The van der Waals surface area contributed by atoms with Crippen LogP contribution in [-0.2, 0) is 11.2 Å². The lowest BCUT2D eigenvalue weighted by molar-refractivity contribution is -0.141. The maximum atomic E-state index is 10.8. The summed E-state index contributed by atoms with van der Waals surface area (Å²) in [7, 11) is 0. The molecule has 0 aliphatic rings. The quantitative estimate of drug-likeness (QED) is 0.849. The smallest absolute Gasteiger partial charge is 0.330 e. The molecule has 1 atom stereocenters. The van der Waals surface area contributed by atoms with Crippen molar-refractivity contribution in [1.82, 2.24) is 25.2 Å². The largest absolute Gasteiger partial charge is 0.480 e. The number of rotatable bonds is 4. The molecule has 2 heterocycles. The zero-order valence-electron chi connectivity index (χ0n) is 9.49. The van der Waals surface area contributed by atoms with Crippen molar-refractivity contribution in [1.29, 1.82) is 0 Å². The van der Waals surface area contributed by atoms with E-state index in [0.29, 0.717) is 12.2 Å². The van der Waals surface area contributed by atoms with Crippen LogP contribution < -0.4 is 0 Å². The van der Waals surface area contributed by atoms with Gasteiger partial charge in [-0.2, -0.15) is 0 Å². The van der Waals surface area contributed by atoms with Crippen LogP contribution in [0.25, 0.3) is 0 Å². The highest BCUT2D eigenvalue weighted by molar-refractivity contribution is 9.10. The third-order valence-electron chi connectivity index (χ3n) is 2.29. The molecule has 0 aliphatic heterocycles. The Morgan fingerprint density at radius 1 is 1.56 bits per heavy atom. The predicted molar refractivity (Wildman–Crippen MR) is 64.9 cm³/mol. The molecule has 0 aromatic carbocycles. The van der Waals surface area contributed by atoms with E-state index in [1.54, 1.807) is 0 Å². The lowest BCUT2D eigenvalue weighted by Gasteiger charge is -2.01. The lowest BCUT2D eigenvalue weighted by Crippen LogP contribution is -2.18. The number of carboxylic acid groups (broad SMARTS) is 1. The number of aliphatic carboxylic acids is 1. The maximum Gasteiger partial charge on any atom is 0.330 e. The summed E-state index contributed by atoms with van der Waals surface area (Å²) in [6.07, 6.45) is 0.409. The average molecular weight is 312 g/mol. The molecule has 0 saturated carbocycles. The molecule has 0 bridgehead atoms. The number of tetrazole rings is 1. The molecule has 0 spiro atoms. The molecule has 2 rings (SSSR count). The molecule has 0 radical (unpaired) electrons. The molecule has 94 valence electrons. The highest BCUT2D eigenvalue weighted by atomic mass is 79.9. The first-order valence-electron chi connectivity index (χ1n) is 5.19. The van der Waals surface area contributed by atoms with Crippen molar-refractivity contribution in [2.75, 3.05) is 0 Å². The van der Waals surface area contributed by atoms with Crippen molar-refractivity contribution in [3.63, 3.8) is 0 Å². The number of halogens is 1. The lowest BCUT2D eigenvalue weighted by atomic mass is 10.3. The monoisotopic (exact) mass is 311 g/mol. The normalized spacial score (nSPS) is 12.3. The fraction of sp³-hybridized carbons (Fsp3) is 0.300. The van der Waals surface area contributed by atoms with E-state index in [0.717, 1.165) is 15.1 Å². The molecule has 0 aliphatic carbocycles. The van der Waals surface area contributed by atoms with E-state index in [-0.39, 0.29) is 0 Å². The third kappa shape index (κ3) is 2.89. The van der Waals surface area contributed by atoms with Gasteiger partial charge in [-0.15, -0.1) is 15.0 Å². The summed E-state index contributed by atoms with van der Waals surface area (Å²) < 4.78 is 0.728. The minimum absolute atomic E-state index is 0.409. The molecule has 2 aromatic heterocycles. The number of aromatic nitrogens is 5. The van der Waals surface area contributed by atoms with Crippen molar-refractivity contribution in [2.45, 2.75) is 19.4 Å². The minimum atomic E-state index is -1.00. The Labute approximate surface area is 111 Å². The van der Waals surface area contributed by atoms with Gasteiger partial charge in [0.15, 0.2) is 11.9 Å². The van der Waals surface area contributed by atoms with Gasteiger partial charge in [0.25, 0.3) is 0 Å². The summed E-state index contributed by atoms with van der Waals surface area (Å²) in [4.78, 5) is 16.1. The number of pyridine rings is 1. The molecule has 1 N–H and O–H groups in total. The standard InChI is InChI=1S/C10H10BrN5O2/c1-6(10(17)18)16-14-9(13-15-16)5-7-3-2-4-8(11)12-7/h2-4,6H,5H2,1H3,(H,17,18). The van der Waals surface area contributed by atoms with E-state index in [4.69, 9.17) is 5.11 Å². The Kier molecular flexibility index (Phi) is 3.66. The van der Waals surface area contributed by atoms with Gasteiger partial charge < -0.3 is 5.11 Å². The van der Waals surface area contributed by atoms with E-state index in [9.17, 15) is 4.79 Å². The molecular formula is C10H10BrN5O2. The van der Waals surface area contributed by atoms with Gasteiger partial charge >= 0.3 is 5.97 Å². The number of carboxylic acids is 1. The number of nitrogens with zero attached hydrogens (tertiary/aromatic N) is 5. The molecule has 0 saturated heterocycles. The zero-order valence-corrected chi connectivity index (χ0v) is 11.1. The average Bonchev–Trinajstić information content (AvgIpc) is 2.76. The van der Waals surface area contributed by atoms with Gasteiger partial charge in [-0.1, -0.05) is 6.07 Å². The Balaban J connectivity index is 2.14. The first kappa shape index (κ1) is 12.6. The topological polar surface area (TPSA) is 93.8 Å². The summed E-state index contributed by atoms with van der Waals surface area (Å²) in [5, 5.41) is 20.4. The molecule has 0 fully saturated rings. The van der Waals surface area contributed by atoms with Crippen LogP contribution in [0.5, 0.6) is 0 Å². The van der Waals surface area contributed by atoms with Gasteiger partial charge in [0.05, 0.1) is 6.42 Å². The fourth-order valence-electron chi connectivity index (χ4n) is 1.30. The van der Waals surface area contributed by atoms with Gasteiger partial charge in [-0.25, -0.2) is 9.78 Å². The second kappa shape index (κ2) is 5.21. The summed E-state index contributed by atoms with van der Waals surface area (Å²) in [6, 6.07) is 4.69. The second-order valence-corrected chi connectivity index (χ2v) is 4.48. The SMILES string of the molecule is CC(C(=O)O)n1nnc(Cc2cccc(Br)n2)n1. The zero-order chi connectivity index (χ0) is 13.1. The minimum Gasteiger partial charge on any atom is -0.480 e. The fourth-order valence-corrected chi connectivity index (χ4v) is 1.68. The molecule has 2 aromatic rings. The van der Waals surface area contributed by atoms with Crippen molar-refractivity contribution in [2.24, 2.45) is 0 Å². The van der Waals surface area contributed by atoms with E-state index in [1.165, 1.54) is 6.92 Å². The summed E-state index contributed by atoms with van der Waals surface area (Å²) in [5.41, 5.74) is 0.784. The van der Waals surface area contributed by atoms with Crippen molar-refractivity contribution < 1.29 is 9.90 Å². The Bertz CT molecular complexity index is 571. The van der Waals surface area contributed by atoms with Crippen LogP contribution in [0, 0.1) is 0 Å². The Morgan fingerprint density at radius 2 is 2.33 bits per heavy atom. The maximum absolute atomic E-state index is 10.8. The van der Waals surface area contributed by atoms with Gasteiger partial charge in [-0.3, -0.25) is 0 Å². The molecule has 18 heavy (non-hydrogen) atoms. The Morgan fingerprint density at radius 3 is 3.00 bits per heavy atom. The van der Waals surface area contributed by atoms with Crippen LogP contribution in [0.1, 0.15) is 24.5 Å². The van der Waals surface area contributed by atoms with Crippen LogP contribution in [0.2, 0.25) is 0 Å². The second-order valence-electron chi connectivity index (χ2n) is 3.67. The van der Waals surface area contributed by atoms with E-state index < -0.39 is 12.0 Å². The highest BCUT2D eigenvalue weighted by Crippen LogP contribution is 2.09. The van der Waals surface area contributed by atoms with Crippen LogP contribution >= 0.6 is 15.9 Å².